The maximum atomic E-state index is 14.5. The van der Waals surface area contributed by atoms with Crippen LogP contribution >= 0.6 is 11.5 Å². The van der Waals surface area contributed by atoms with Crippen molar-refractivity contribution in [2.75, 3.05) is 25.6 Å². The Morgan fingerprint density at radius 1 is 0.957 bits per heavy atom. The summed E-state index contributed by atoms with van der Waals surface area (Å²) in [5.41, 5.74) is 6.35. The molecule has 2 aromatic carbocycles. The highest BCUT2D eigenvalue weighted by Gasteiger charge is 2.50. The summed E-state index contributed by atoms with van der Waals surface area (Å²) in [6, 6.07) is 17.6. The first-order valence-electron chi connectivity index (χ1n) is 17.2. The predicted molar refractivity (Wildman–Crippen MR) is 183 cm³/mol. The summed E-state index contributed by atoms with van der Waals surface area (Å²) >= 11 is 1.57. The molecule has 8 rings (SSSR count). The van der Waals surface area contributed by atoms with Crippen LogP contribution in [0.25, 0.3) is 10.4 Å². The van der Waals surface area contributed by atoms with Crippen LogP contribution in [0.5, 0.6) is 5.75 Å². The topological polar surface area (TPSA) is 80.8 Å². The zero-order valence-corrected chi connectivity index (χ0v) is 28.3. The van der Waals surface area contributed by atoms with Gasteiger partial charge in [-0.2, -0.15) is 4.37 Å². The zero-order valence-electron chi connectivity index (χ0n) is 27.5. The summed E-state index contributed by atoms with van der Waals surface area (Å²) in [4.78, 5) is 29.7. The first kappa shape index (κ1) is 31.2. The van der Waals surface area contributed by atoms with Gasteiger partial charge in [-0.25, -0.2) is 4.79 Å². The number of carbonyl (C=O) groups is 2. The lowest BCUT2D eigenvalue weighted by molar-refractivity contribution is -0.124. The highest BCUT2D eigenvalue weighted by atomic mass is 32.1. The SMILES string of the molecule is CNC(=O)O[C@H]1CC[C@H](C(=O)N(CC23CCC(c4ccc(OC)c(C)c4)(CC2)CC3)c2cccc(-c3cc(C4CC4)ns3)c2)CC1. The van der Waals surface area contributed by atoms with Gasteiger partial charge in [-0.05, 0) is 147 Å². The van der Waals surface area contributed by atoms with Crippen molar-refractivity contribution in [3.63, 3.8) is 0 Å². The number of fused-ring (bicyclic) bond motifs is 3. The number of hydrogen-bond acceptors (Lipinski definition) is 6. The van der Waals surface area contributed by atoms with Crippen molar-refractivity contribution in [3.05, 3.63) is 65.4 Å². The Kier molecular flexibility index (Phi) is 8.60. The average molecular weight is 642 g/mol. The second kappa shape index (κ2) is 12.7. The number of ether oxygens (including phenoxy) is 2. The number of carbonyl (C=O) groups excluding carboxylic acids is 2. The van der Waals surface area contributed by atoms with Crippen LogP contribution in [0.3, 0.4) is 0 Å². The van der Waals surface area contributed by atoms with Gasteiger partial charge in [-0.1, -0.05) is 24.3 Å². The minimum absolute atomic E-state index is 0.0667. The fourth-order valence-corrected chi connectivity index (χ4v) is 9.27. The van der Waals surface area contributed by atoms with E-state index in [-0.39, 0.29) is 28.8 Å². The molecule has 1 N–H and O–H groups in total. The van der Waals surface area contributed by atoms with E-state index in [0.29, 0.717) is 5.92 Å². The first-order chi connectivity index (χ1) is 22.3. The number of benzene rings is 2. The number of amides is 2. The molecule has 0 unspecified atom stereocenters. The Balaban J connectivity index is 1.12. The molecule has 1 aromatic heterocycles. The lowest BCUT2D eigenvalue weighted by atomic mass is 9.51. The van der Waals surface area contributed by atoms with Crippen LogP contribution in [0.2, 0.25) is 0 Å². The minimum Gasteiger partial charge on any atom is -0.496 e. The van der Waals surface area contributed by atoms with E-state index < -0.39 is 6.09 Å². The number of nitrogens with one attached hydrogen (secondary N) is 1. The number of aromatic nitrogens is 1. The summed E-state index contributed by atoms with van der Waals surface area (Å²) in [6.07, 6.45) is 11.8. The molecule has 0 spiro atoms. The third-order valence-electron chi connectivity index (χ3n) is 11.6. The molecule has 0 atom stereocenters. The Labute approximate surface area is 277 Å². The lowest BCUT2D eigenvalue weighted by Gasteiger charge is -2.55. The lowest BCUT2D eigenvalue weighted by Crippen LogP contribution is -2.51. The van der Waals surface area contributed by atoms with Gasteiger partial charge in [-0.15, -0.1) is 0 Å². The van der Waals surface area contributed by atoms with Crippen molar-refractivity contribution in [3.8, 4) is 16.2 Å². The molecule has 8 heteroatoms. The van der Waals surface area contributed by atoms with Gasteiger partial charge in [0.05, 0.1) is 17.7 Å². The van der Waals surface area contributed by atoms with Crippen molar-refractivity contribution in [1.29, 1.82) is 0 Å². The highest BCUT2D eigenvalue weighted by molar-refractivity contribution is 7.09. The number of anilines is 1. The van der Waals surface area contributed by atoms with Crippen molar-refractivity contribution >= 4 is 29.2 Å². The van der Waals surface area contributed by atoms with Gasteiger partial charge in [0.1, 0.15) is 11.9 Å². The predicted octanol–water partition coefficient (Wildman–Crippen LogP) is 8.54. The first-order valence-corrected chi connectivity index (χ1v) is 18.0. The number of nitrogens with zero attached hydrogens (tertiary/aromatic N) is 2. The molecule has 5 saturated carbocycles. The minimum atomic E-state index is -0.393. The second-order valence-electron chi connectivity index (χ2n) is 14.5. The summed E-state index contributed by atoms with van der Waals surface area (Å²) in [6.45, 7) is 2.90. The number of methoxy groups -OCH3 is 1. The molecule has 2 amide bonds. The monoisotopic (exact) mass is 641 g/mol. The quantitative estimate of drug-likeness (QED) is 0.253. The van der Waals surface area contributed by atoms with Gasteiger partial charge >= 0.3 is 6.09 Å². The fraction of sp³-hybridized carbons (Fsp3) is 0.553. The maximum Gasteiger partial charge on any atom is 0.407 e. The van der Waals surface area contributed by atoms with Crippen LogP contribution in [0, 0.1) is 18.3 Å². The summed E-state index contributed by atoms with van der Waals surface area (Å²) in [7, 11) is 3.33. The molecule has 0 radical (unpaired) electrons. The van der Waals surface area contributed by atoms with E-state index in [9.17, 15) is 9.59 Å². The van der Waals surface area contributed by atoms with Crippen LogP contribution in [0.1, 0.15) is 99.8 Å². The molecule has 0 saturated heterocycles. The zero-order chi connectivity index (χ0) is 31.9. The van der Waals surface area contributed by atoms with E-state index in [4.69, 9.17) is 13.8 Å². The van der Waals surface area contributed by atoms with E-state index >= 15 is 0 Å². The highest BCUT2D eigenvalue weighted by Crippen LogP contribution is 2.58. The van der Waals surface area contributed by atoms with Crippen LogP contribution < -0.4 is 15.0 Å². The maximum absolute atomic E-state index is 14.5. The molecule has 5 aliphatic rings. The Morgan fingerprint density at radius 2 is 1.70 bits per heavy atom. The summed E-state index contributed by atoms with van der Waals surface area (Å²) in [5.74, 6) is 1.73. The van der Waals surface area contributed by atoms with Gasteiger partial charge in [0.25, 0.3) is 0 Å². The third kappa shape index (κ3) is 6.17. The molecule has 244 valence electrons. The molecule has 0 aliphatic heterocycles. The van der Waals surface area contributed by atoms with E-state index in [1.165, 1.54) is 34.5 Å². The largest absolute Gasteiger partial charge is 0.496 e. The summed E-state index contributed by atoms with van der Waals surface area (Å²) < 4.78 is 15.8. The number of hydrogen-bond donors (Lipinski definition) is 1. The van der Waals surface area contributed by atoms with Crippen molar-refractivity contribution in [1.82, 2.24) is 9.69 Å². The molecule has 5 fully saturated rings. The van der Waals surface area contributed by atoms with Gasteiger partial charge in [0.2, 0.25) is 5.91 Å². The van der Waals surface area contributed by atoms with Crippen molar-refractivity contribution < 1.29 is 19.1 Å². The Hall–Kier alpha value is -3.39. The standard InChI is InChI=1S/C38H47N3O4S/c1-25-21-29(11-14-33(25)44-3)38-18-15-37(16-19-38,17-20-38)24-41(35(42)27-9-12-31(13-10-27)45-36(43)39-2)30-6-4-5-28(22-30)34-23-32(40-46-34)26-7-8-26/h4-6,11,14,21-23,26-27,31H,7-10,12-13,15-20,24H2,1-3H3,(H,39,43)/t27-,31-,37?,38?. The van der Waals surface area contributed by atoms with Gasteiger partial charge in [0, 0.05) is 31.1 Å². The summed E-state index contributed by atoms with van der Waals surface area (Å²) in [5, 5.41) is 2.55. The Bertz CT molecular complexity index is 1560. The number of alkyl carbamates (subject to hydrolysis) is 1. The van der Waals surface area contributed by atoms with Gasteiger partial charge in [-0.3, -0.25) is 4.79 Å². The van der Waals surface area contributed by atoms with Crippen LogP contribution in [-0.4, -0.2) is 43.2 Å². The smallest absolute Gasteiger partial charge is 0.407 e. The molecule has 1 heterocycles. The average Bonchev–Trinajstić information content (AvgIpc) is 3.83. The number of rotatable bonds is 9. The van der Waals surface area contributed by atoms with Crippen LogP contribution in [0.4, 0.5) is 10.5 Å². The number of aryl methyl sites for hydroxylation is 1. The fourth-order valence-electron chi connectivity index (χ4n) is 8.46. The van der Waals surface area contributed by atoms with E-state index in [2.05, 4.69) is 65.7 Å². The van der Waals surface area contributed by atoms with Gasteiger partial charge < -0.3 is 19.7 Å². The molecule has 2 bridgehead atoms. The van der Waals surface area contributed by atoms with Crippen LogP contribution in [0.15, 0.2) is 48.5 Å². The second-order valence-corrected chi connectivity index (χ2v) is 15.3. The molecule has 46 heavy (non-hydrogen) atoms. The molecule has 5 aliphatic carbocycles. The third-order valence-corrected chi connectivity index (χ3v) is 12.5. The van der Waals surface area contributed by atoms with Crippen molar-refractivity contribution in [2.45, 2.75) is 101 Å². The molecular formula is C38H47N3O4S. The van der Waals surface area contributed by atoms with Crippen LogP contribution in [-0.2, 0) is 14.9 Å². The van der Waals surface area contributed by atoms with E-state index in [1.807, 2.05) is 0 Å². The Morgan fingerprint density at radius 3 is 2.35 bits per heavy atom. The van der Waals surface area contributed by atoms with Gasteiger partial charge in [0.15, 0.2) is 0 Å². The normalized spacial score (nSPS) is 27.2. The van der Waals surface area contributed by atoms with E-state index in [0.717, 1.165) is 87.8 Å². The molecule has 3 aromatic rings. The molecule has 7 nitrogen and oxygen atoms in total. The molecular weight excluding hydrogens is 595 g/mol. The van der Waals surface area contributed by atoms with Crippen molar-refractivity contribution in [2.24, 2.45) is 11.3 Å². The van der Waals surface area contributed by atoms with E-state index in [1.54, 1.807) is 25.7 Å².